The summed E-state index contributed by atoms with van der Waals surface area (Å²) in [6, 6.07) is 1.93. The maximum absolute atomic E-state index is 6.45. The molecule has 2 nitrogen and oxygen atoms in total. The van der Waals surface area contributed by atoms with Gasteiger partial charge in [-0.1, -0.05) is 39.0 Å². The van der Waals surface area contributed by atoms with Crippen molar-refractivity contribution >= 4 is 0 Å². The van der Waals surface area contributed by atoms with E-state index in [1.807, 2.05) is 0 Å². The van der Waals surface area contributed by atoms with Gasteiger partial charge in [0.15, 0.2) is 0 Å². The predicted molar refractivity (Wildman–Crippen MR) is 74.1 cm³/mol. The molecule has 17 heavy (non-hydrogen) atoms. The second-order valence-electron chi connectivity index (χ2n) is 6.02. The molecule has 2 fully saturated rings. The van der Waals surface area contributed by atoms with Crippen LogP contribution < -0.4 is 5.73 Å². The predicted octanol–water partition coefficient (Wildman–Crippen LogP) is 3.30. The fourth-order valence-corrected chi connectivity index (χ4v) is 3.80. The molecule has 2 aliphatic rings. The highest BCUT2D eigenvalue weighted by atomic mass is 15.2. The van der Waals surface area contributed by atoms with Gasteiger partial charge in [-0.25, -0.2) is 0 Å². The molecule has 1 heterocycles. The Bertz CT molecular complexity index is 217. The van der Waals surface area contributed by atoms with Crippen LogP contribution in [0, 0.1) is 0 Å². The van der Waals surface area contributed by atoms with Crippen LogP contribution in [0.2, 0.25) is 0 Å². The van der Waals surface area contributed by atoms with Crippen LogP contribution in [0.5, 0.6) is 0 Å². The molecule has 0 bridgehead atoms. The lowest BCUT2D eigenvalue weighted by Gasteiger charge is -2.44. The third kappa shape index (κ3) is 3.45. The normalized spacial score (nSPS) is 37.4. The molecule has 0 aromatic rings. The molecule has 1 aliphatic carbocycles. The lowest BCUT2D eigenvalue weighted by molar-refractivity contribution is 0.0658. The van der Waals surface area contributed by atoms with Gasteiger partial charge in [0, 0.05) is 18.1 Å². The van der Waals surface area contributed by atoms with Gasteiger partial charge in [0.2, 0.25) is 0 Å². The summed E-state index contributed by atoms with van der Waals surface area (Å²) in [4.78, 5) is 2.78. The average Bonchev–Trinajstić information content (AvgIpc) is 2.35. The largest absolute Gasteiger partial charge is 0.326 e. The van der Waals surface area contributed by atoms with E-state index in [2.05, 4.69) is 11.8 Å². The van der Waals surface area contributed by atoms with E-state index in [4.69, 9.17) is 5.73 Å². The molecule has 2 rings (SSSR count). The van der Waals surface area contributed by atoms with Gasteiger partial charge in [0.25, 0.3) is 0 Å². The number of piperidine rings is 1. The molecule has 0 amide bonds. The number of nitrogens with two attached hydrogens (primary N) is 1. The van der Waals surface area contributed by atoms with E-state index < -0.39 is 0 Å². The molecule has 2 N–H and O–H groups in total. The zero-order chi connectivity index (χ0) is 12.1. The SMILES string of the molecule is CCC1CCCCN1C1CCCCCCC1N. The number of likely N-dealkylation sites (tertiary alicyclic amines) is 1. The van der Waals surface area contributed by atoms with Gasteiger partial charge in [-0.3, -0.25) is 4.90 Å². The van der Waals surface area contributed by atoms with Crippen molar-refractivity contribution in [2.75, 3.05) is 6.54 Å². The van der Waals surface area contributed by atoms with E-state index in [1.54, 1.807) is 0 Å². The Hall–Kier alpha value is -0.0800. The first-order chi connectivity index (χ1) is 8.33. The summed E-state index contributed by atoms with van der Waals surface area (Å²) in [7, 11) is 0. The fourth-order valence-electron chi connectivity index (χ4n) is 3.80. The van der Waals surface area contributed by atoms with E-state index in [-0.39, 0.29) is 0 Å². The molecule has 1 aliphatic heterocycles. The Morgan fingerprint density at radius 1 is 0.941 bits per heavy atom. The van der Waals surface area contributed by atoms with Crippen LogP contribution in [0.25, 0.3) is 0 Å². The smallest absolute Gasteiger partial charge is 0.0250 e. The molecule has 0 radical (unpaired) electrons. The molecule has 0 spiro atoms. The lowest BCUT2D eigenvalue weighted by Crippen LogP contribution is -2.54. The maximum atomic E-state index is 6.45. The lowest BCUT2D eigenvalue weighted by atomic mass is 9.88. The Kier molecular flexibility index (Phi) is 5.30. The maximum Gasteiger partial charge on any atom is 0.0250 e. The van der Waals surface area contributed by atoms with Crippen molar-refractivity contribution in [3.63, 3.8) is 0 Å². The Labute approximate surface area is 107 Å². The minimum Gasteiger partial charge on any atom is -0.326 e. The van der Waals surface area contributed by atoms with Crippen LogP contribution in [0.4, 0.5) is 0 Å². The minimum absolute atomic E-state index is 0.433. The van der Waals surface area contributed by atoms with Crippen LogP contribution in [0.3, 0.4) is 0 Å². The molecule has 0 aromatic carbocycles. The number of rotatable bonds is 2. The van der Waals surface area contributed by atoms with Crippen LogP contribution in [0.1, 0.15) is 71.1 Å². The second kappa shape index (κ2) is 6.75. The van der Waals surface area contributed by atoms with E-state index in [0.717, 1.165) is 6.04 Å². The zero-order valence-electron chi connectivity index (χ0n) is 11.5. The van der Waals surface area contributed by atoms with Gasteiger partial charge in [-0.05, 0) is 38.6 Å². The highest BCUT2D eigenvalue weighted by Gasteiger charge is 2.31. The van der Waals surface area contributed by atoms with E-state index in [1.165, 1.54) is 70.8 Å². The molecule has 3 unspecified atom stereocenters. The summed E-state index contributed by atoms with van der Waals surface area (Å²) in [5.74, 6) is 0. The molecular formula is C15H30N2. The summed E-state index contributed by atoms with van der Waals surface area (Å²) < 4.78 is 0. The van der Waals surface area contributed by atoms with Gasteiger partial charge < -0.3 is 5.73 Å². The standard InChI is InChI=1S/C15H30N2/c1-2-13-9-7-8-12-17(13)15-11-6-4-3-5-10-14(15)16/h13-15H,2-12,16H2,1H3. The van der Waals surface area contributed by atoms with Crippen molar-refractivity contribution in [2.24, 2.45) is 5.73 Å². The molecule has 1 saturated heterocycles. The van der Waals surface area contributed by atoms with Crippen molar-refractivity contribution in [2.45, 2.75) is 89.3 Å². The van der Waals surface area contributed by atoms with Crippen molar-refractivity contribution in [1.29, 1.82) is 0 Å². The highest BCUT2D eigenvalue weighted by Crippen LogP contribution is 2.28. The first-order valence-electron chi connectivity index (χ1n) is 7.84. The number of hydrogen-bond donors (Lipinski definition) is 1. The van der Waals surface area contributed by atoms with Crippen LogP contribution in [-0.2, 0) is 0 Å². The quantitative estimate of drug-likeness (QED) is 0.800. The summed E-state index contributed by atoms with van der Waals surface area (Å²) in [6.45, 7) is 3.65. The Morgan fingerprint density at radius 2 is 1.65 bits per heavy atom. The number of hydrogen-bond acceptors (Lipinski definition) is 2. The third-order valence-electron chi connectivity index (χ3n) is 4.85. The fraction of sp³-hybridized carbons (Fsp3) is 1.00. The first-order valence-corrected chi connectivity index (χ1v) is 7.84. The third-order valence-corrected chi connectivity index (χ3v) is 4.85. The van der Waals surface area contributed by atoms with Gasteiger partial charge >= 0.3 is 0 Å². The van der Waals surface area contributed by atoms with Crippen LogP contribution in [0.15, 0.2) is 0 Å². The summed E-state index contributed by atoms with van der Waals surface area (Å²) in [5, 5.41) is 0. The Morgan fingerprint density at radius 3 is 2.41 bits per heavy atom. The van der Waals surface area contributed by atoms with Gasteiger partial charge in [-0.15, -0.1) is 0 Å². The van der Waals surface area contributed by atoms with Crippen molar-refractivity contribution in [1.82, 2.24) is 4.90 Å². The monoisotopic (exact) mass is 238 g/mol. The molecule has 2 heteroatoms. The summed E-state index contributed by atoms with van der Waals surface area (Å²) in [5.41, 5.74) is 6.45. The molecule has 3 atom stereocenters. The summed E-state index contributed by atoms with van der Waals surface area (Å²) in [6.07, 6.45) is 13.7. The van der Waals surface area contributed by atoms with E-state index in [0.29, 0.717) is 12.1 Å². The van der Waals surface area contributed by atoms with Gasteiger partial charge in [0.05, 0.1) is 0 Å². The second-order valence-corrected chi connectivity index (χ2v) is 6.02. The molecule has 100 valence electrons. The first kappa shape index (κ1) is 13.4. The zero-order valence-corrected chi connectivity index (χ0v) is 11.5. The van der Waals surface area contributed by atoms with Crippen molar-refractivity contribution in [3.8, 4) is 0 Å². The van der Waals surface area contributed by atoms with E-state index >= 15 is 0 Å². The van der Waals surface area contributed by atoms with Gasteiger partial charge in [0.1, 0.15) is 0 Å². The Balaban J connectivity index is 2.00. The number of nitrogens with zero attached hydrogens (tertiary/aromatic N) is 1. The van der Waals surface area contributed by atoms with Crippen LogP contribution >= 0.6 is 0 Å². The minimum atomic E-state index is 0.433. The highest BCUT2D eigenvalue weighted by molar-refractivity contribution is 4.89. The van der Waals surface area contributed by atoms with Crippen LogP contribution in [-0.4, -0.2) is 29.6 Å². The molecular weight excluding hydrogens is 208 g/mol. The topological polar surface area (TPSA) is 29.3 Å². The van der Waals surface area contributed by atoms with Gasteiger partial charge in [-0.2, -0.15) is 0 Å². The average molecular weight is 238 g/mol. The summed E-state index contributed by atoms with van der Waals surface area (Å²) >= 11 is 0. The van der Waals surface area contributed by atoms with Crippen molar-refractivity contribution in [3.05, 3.63) is 0 Å². The van der Waals surface area contributed by atoms with E-state index in [9.17, 15) is 0 Å². The molecule has 0 aromatic heterocycles. The van der Waals surface area contributed by atoms with Crippen molar-refractivity contribution < 1.29 is 0 Å². The molecule has 1 saturated carbocycles.